The molecular weight excluding hydrogens is 305 g/mol. The summed E-state index contributed by atoms with van der Waals surface area (Å²) in [5.74, 6) is 0.669. The molecule has 1 fully saturated rings. The van der Waals surface area contributed by atoms with Crippen molar-refractivity contribution in [2.75, 3.05) is 18.0 Å². The predicted octanol–water partition coefficient (Wildman–Crippen LogP) is 2.20. The number of pyridine rings is 1. The van der Waals surface area contributed by atoms with Gasteiger partial charge in [0.1, 0.15) is 5.82 Å². The first-order valence-corrected chi connectivity index (χ1v) is 6.60. The third-order valence-electron chi connectivity index (χ3n) is 2.99. The fourth-order valence-electron chi connectivity index (χ4n) is 2.02. The smallest absolute Gasteiger partial charge is 0.220 e. The molecule has 1 amide bonds. The molecule has 0 radical (unpaired) electrons. The molecule has 0 aliphatic carbocycles. The van der Waals surface area contributed by atoms with Crippen LogP contribution < -0.4 is 10.6 Å². The number of nitrogens with two attached hydrogens (primary N) is 1. The Bertz CT molecular complexity index is 433. The quantitative estimate of drug-likeness (QED) is 0.909. The Balaban J connectivity index is 2.08. The van der Waals surface area contributed by atoms with Gasteiger partial charge in [-0.3, -0.25) is 4.79 Å². The summed E-state index contributed by atoms with van der Waals surface area (Å²) >= 11 is 9.29. The van der Waals surface area contributed by atoms with Gasteiger partial charge in [0.25, 0.3) is 0 Å². The van der Waals surface area contributed by atoms with E-state index in [1.54, 1.807) is 6.20 Å². The Morgan fingerprint density at radius 1 is 1.53 bits per heavy atom. The highest BCUT2D eigenvalue weighted by Gasteiger charge is 2.24. The van der Waals surface area contributed by atoms with E-state index < -0.39 is 0 Å². The summed E-state index contributed by atoms with van der Waals surface area (Å²) in [6, 6.07) is 1.82. The molecule has 1 aromatic heterocycles. The van der Waals surface area contributed by atoms with E-state index >= 15 is 0 Å². The maximum atomic E-state index is 11.1. The molecule has 1 aliphatic heterocycles. The highest BCUT2D eigenvalue weighted by molar-refractivity contribution is 9.10. The Kier molecular flexibility index (Phi) is 3.89. The highest BCUT2D eigenvalue weighted by atomic mass is 79.9. The van der Waals surface area contributed by atoms with Gasteiger partial charge in [0, 0.05) is 25.2 Å². The van der Waals surface area contributed by atoms with E-state index in [9.17, 15) is 4.79 Å². The van der Waals surface area contributed by atoms with Gasteiger partial charge in [-0.05, 0) is 34.8 Å². The van der Waals surface area contributed by atoms with Gasteiger partial charge in [0.05, 0.1) is 9.50 Å². The molecule has 0 unspecified atom stereocenters. The van der Waals surface area contributed by atoms with Crippen LogP contribution in [-0.4, -0.2) is 24.0 Å². The Labute approximate surface area is 113 Å². The first-order chi connectivity index (χ1) is 8.08. The van der Waals surface area contributed by atoms with Crippen molar-refractivity contribution in [1.82, 2.24) is 4.98 Å². The second-order valence-electron chi connectivity index (χ2n) is 4.12. The molecule has 92 valence electrons. The van der Waals surface area contributed by atoms with Gasteiger partial charge in [0.15, 0.2) is 0 Å². The Morgan fingerprint density at radius 3 is 2.71 bits per heavy atom. The van der Waals surface area contributed by atoms with Gasteiger partial charge in [0.2, 0.25) is 5.91 Å². The Morgan fingerprint density at radius 2 is 2.18 bits per heavy atom. The molecule has 0 saturated carbocycles. The third-order valence-corrected chi connectivity index (χ3v) is 3.78. The molecule has 1 saturated heterocycles. The van der Waals surface area contributed by atoms with Crippen LogP contribution in [0, 0.1) is 5.92 Å². The second kappa shape index (κ2) is 5.23. The fourth-order valence-corrected chi connectivity index (χ4v) is 2.91. The summed E-state index contributed by atoms with van der Waals surface area (Å²) in [6.07, 6.45) is 3.19. The average Bonchev–Trinajstić information content (AvgIpc) is 2.29. The van der Waals surface area contributed by atoms with Crippen LogP contribution in [0.5, 0.6) is 0 Å². The van der Waals surface area contributed by atoms with Crippen molar-refractivity contribution in [3.8, 4) is 0 Å². The van der Waals surface area contributed by atoms with Gasteiger partial charge in [-0.25, -0.2) is 4.98 Å². The minimum Gasteiger partial charge on any atom is -0.369 e. The van der Waals surface area contributed by atoms with E-state index in [1.165, 1.54) is 0 Å². The summed E-state index contributed by atoms with van der Waals surface area (Å²) < 4.78 is 0.877. The third kappa shape index (κ3) is 2.90. The van der Waals surface area contributed by atoms with E-state index in [1.807, 2.05) is 6.07 Å². The van der Waals surface area contributed by atoms with E-state index in [-0.39, 0.29) is 11.8 Å². The number of carbonyl (C=O) groups excluding carboxylic acids is 1. The number of halogens is 2. The van der Waals surface area contributed by atoms with Gasteiger partial charge in [-0.15, -0.1) is 0 Å². The van der Waals surface area contributed by atoms with E-state index in [0.29, 0.717) is 5.02 Å². The van der Waals surface area contributed by atoms with Crippen LogP contribution >= 0.6 is 27.5 Å². The summed E-state index contributed by atoms with van der Waals surface area (Å²) in [6.45, 7) is 1.58. The monoisotopic (exact) mass is 317 g/mol. The normalized spacial score (nSPS) is 17.2. The van der Waals surface area contributed by atoms with E-state index in [2.05, 4.69) is 25.8 Å². The molecule has 0 aromatic carbocycles. The first-order valence-electron chi connectivity index (χ1n) is 5.43. The minimum atomic E-state index is -0.201. The number of rotatable bonds is 2. The lowest BCUT2D eigenvalue weighted by Crippen LogP contribution is -2.39. The van der Waals surface area contributed by atoms with Crippen LogP contribution in [0.1, 0.15) is 12.8 Å². The molecule has 0 bridgehead atoms. The molecule has 0 atom stereocenters. The van der Waals surface area contributed by atoms with Crippen molar-refractivity contribution in [1.29, 1.82) is 0 Å². The predicted molar refractivity (Wildman–Crippen MR) is 71.1 cm³/mol. The van der Waals surface area contributed by atoms with Crippen LogP contribution in [0.4, 0.5) is 5.82 Å². The maximum Gasteiger partial charge on any atom is 0.220 e. The topological polar surface area (TPSA) is 59.2 Å². The number of anilines is 1. The van der Waals surface area contributed by atoms with E-state index in [4.69, 9.17) is 17.3 Å². The second-order valence-corrected chi connectivity index (χ2v) is 5.41. The van der Waals surface area contributed by atoms with Gasteiger partial charge < -0.3 is 10.6 Å². The summed E-state index contributed by atoms with van der Waals surface area (Å²) in [5, 5.41) is 0.604. The van der Waals surface area contributed by atoms with Crippen LogP contribution in [-0.2, 0) is 4.79 Å². The highest BCUT2D eigenvalue weighted by Crippen LogP contribution is 2.29. The standard InChI is InChI=1S/C11H13BrClN3O/c12-9-5-8(13)6-15-11(9)16-3-1-7(2-4-16)10(14)17/h5-7H,1-4H2,(H2,14,17). The lowest BCUT2D eigenvalue weighted by atomic mass is 9.96. The Hall–Kier alpha value is -0.810. The average molecular weight is 319 g/mol. The van der Waals surface area contributed by atoms with Crippen molar-refractivity contribution in [2.45, 2.75) is 12.8 Å². The molecule has 1 aromatic rings. The maximum absolute atomic E-state index is 11.1. The zero-order chi connectivity index (χ0) is 12.4. The number of piperidine rings is 1. The SMILES string of the molecule is NC(=O)C1CCN(c2ncc(Cl)cc2Br)CC1. The molecule has 1 aliphatic rings. The number of hydrogen-bond acceptors (Lipinski definition) is 3. The van der Waals surface area contributed by atoms with Crippen molar-refractivity contribution in [3.63, 3.8) is 0 Å². The van der Waals surface area contributed by atoms with E-state index in [0.717, 1.165) is 36.2 Å². The lowest BCUT2D eigenvalue weighted by molar-refractivity contribution is -0.122. The summed E-state index contributed by atoms with van der Waals surface area (Å²) in [4.78, 5) is 17.5. The summed E-state index contributed by atoms with van der Waals surface area (Å²) in [5.41, 5.74) is 5.30. The van der Waals surface area contributed by atoms with Crippen LogP contribution in [0.15, 0.2) is 16.7 Å². The number of primary amides is 1. The van der Waals surface area contributed by atoms with Gasteiger partial charge in [-0.1, -0.05) is 11.6 Å². The van der Waals surface area contributed by atoms with Crippen LogP contribution in [0.25, 0.3) is 0 Å². The number of hydrogen-bond donors (Lipinski definition) is 1. The zero-order valence-electron chi connectivity index (χ0n) is 9.20. The molecule has 2 rings (SSSR count). The van der Waals surface area contributed by atoms with Crippen molar-refractivity contribution in [2.24, 2.45) is 11.7 Å². The molecule has 17 heavy (non-hydrogen) atoms. The minimum absolute atomic E-state index is 0.00248. The van der Waals surface area contributed by atoms with Crippen LogP contribution in [0.2, 0.25) is 5.02 Å². The largest absolute Gasteiger partial charge is 0.369 e. The van der Waals surface area contributed by atoms with Crippen molar-refractivity contribution < 1.29 is 4.79 Å². The molecule has 6 heteroatoms. The van der Waals surface area contributed by atoms with Gasteiger partial charge >= 0.3 is 0 Å². The summed E-state index contributed by atoms with van der Waals surface area (Å²) in [7, 11) is 0. The molecule has 2 heterocycles. The first kappa shape index (κ1) is 12.6. The zero-order valence-corrected chi connectivity index (χ0v) is 11.5. The number of aromatic nitrogens is 1. The van der Waals surface area contributed by atoms with Gasteiger partial charge in [-0.2, -0.15) is 0 Å². The number of amides is 1. The van der Waals surface area contributed by atoms with Crippen LogP contribution in [0.3, 0.4) is 0 Å². The number of nitrogens with zero attached hydrogens (tertiary/aromatic N) is 2. The molecule has 0 spiro atoms. The van der Waals surface area contributed by atoms with Crippen molar-refractivity contribution >= 4 is 39.3 Å². The fraction of sp³-hybridized carbons (Fsp3) is 0.455. The molecule has 2 N–H and O–H groups in total. The molecule has 4 nitrogen and oxygen atoms in total. The molecular formula is C11H13BrClN3O. The lowest BCUT2D eigenvalue weighted by Gasteiger charge is -2.31. The number of carbonyl (C=O) groups is 1. The van der Waals surface area contributed by atoms with Crippen molar-refractivity contribution in [3.05, 3.63) is 21.8 Å².